The molecule has 1 aromatic rings. The van der Waals surface area contributed by atoms with E-state index in [4.69, 9.17) is 35.3 Å². The minimum atomic E-state index is -1.70. The zero-order valence-corrected chi connectivity index (χ0v) is 24.8. The van der Waals surface area contributed by atoms with Crippen LogP contribution in [0, 0.1) is 5.92 Å². The number of halogens is 1. The minimum absolute atomic E-state index is 0.0279. The van der Waals surface area contributed by atoms with Crippen LogP contribution in [0.4, 0.5) is 10.5 Å². The number of fused-ring (bicyclic) bond motifs is 5. The second kappa shape index (κ2) is 11.7. The fourth-order valence-electron chi connectivity index (χ4n) is 5.76. The molecule has 220 valence electrons. The molecule has 2 fully saturated rings. The van der Waals surface area contributed by atoms with E-state index in [0.717, 1.165) is 11.1 Å². The first-order valence-corrected chi connectivity index (χ1v) is 13.7. The first-order chi connectivity index (χ1) is 18.9. The number of anilines is 1. The third-order valence-electron chi connectivity index (χ3n) is 8.24. The van der Waals surface area contributed by atoms with Gasteiger partial charge in [-0.1, -0.05) is 42.3 Å². The predicted molar refractivity (Wildman–Crippen MR) is 150 cm³/mol. The number of aliphatic hydroxyl groups is 1. The van der Waals surface area contributed by atoms with Crippen LogP contribution in [0.15, 0.2) is 35.9 Å². The maximum absolute atomic E-state index is 13.5. The fourth-order valence-corrected chi connectivity index (χ4v) is 6.08. The number of epoxide rings is 1. The van der Waals surface area contributed by atoms with Crippen LogP contribution in [0.5, 0.6) is 5.75 Å². The Kier molecular flexibility index (Phi) is 8.87. The van der Waals surface area contributed by atoms with Crippen LogP contribution in [0.25, 0.3) is 0 Å². The van der Waals surface area contributed by atoms with Gasteiger partial charge in [0, 0.05) is 33.6 Å². The highest BCUT2D eigenvalue weighted by atomic mass is 35.5. The van der Waals surface area contributed by atoms with Crippen LogP contribution < -0.4 is 15.0 Å². The second-order valence-corrected chi connectivity index (χ2v) is 11.4. The molecule has 40 heavy (non-hydrogen) atoms. The number of nitrogens with one attached hydrogen (secondary N) is 1. The number of carbonyl (C=O) groups excluding carboxylic acids is 2. The van der Waals surface area contributed by atoms with Crippen LogP contribution >= 0.6 is 11.6 Å². The molecule has 11 heteroatoms. The van der Waals surface area contributed by atoms with E-state index in [1.165, 1.54) is 26.2 Å². The standard InChI is InChI=1S/C29H39ClN2O8/c1-16-9-8-10-22(37-6)29(35)15-21(39-27(34)31-29)17(2)26-28(3,40-26)23(38-7)14-24(33)32(4)19-12-18(11-16)13-20(36-5)25(19)30/h8-10,12-13,17,21-23,26,35H,11,14-15H2,1-7H3,(H,31,34)/b10-8+,16-9+/t17-,21+,22-,23+,26?,28+,29+/m1/s1. The summed E-state index contributed by atoms with van der Waals surface area (Å²) in [5, 5.41) is 14.4. The summed E-state index contributed by atoms with van der Waals surface area (Å²) in [6.07, 6.45) is 2.81. The molecule has 1 unspecified atom stereocenters. The molecular formula is C29H39ClN2O8. The first kappa shape index (κ1) is 30.3. The van der Waals surface area contributed by atoms with Crippen molar-refractivity contribution in [1.29, 1.82) is 0 Å². The maximum Gasteiger partial charge on any atom is 0.409 e. The number of benzene rings is 1. The summed E-state index contributed by atoms with van der Waals surface area (Å²) in [6.45, 7) is 5.73. The molecule has 0 aliphatic carbocycles. The summed E-state index contributed by atoms with van der Waals surface area (Å²) in [7, 11) is 6.21. The van der Waals surface area contributed by atoms with Gasteiger partial charge in [0.05, 0.1) is 31.4 Å². The zero-order chi connectivity index (χ0) is 29.4. The van der Waals surface area contributed by atoms with Gasteiger partial charge in [-0.15, -0.1) is 0 Å². The quantitative estimate of drug-likeness (QED) is 0.520. The van der Waals surface area contributed by atoms with E-state index >= 15 is 0 Å². The summed E-state index contributed by atoms with van der Waals surface area (Å²) in [5.41, 5.74) is -0.0990. The molecular weight excluding hydrogens is 540 g/mol. The van der Waals surface area contributed by atoms with Crippen molar-refractivity contribution in [2.24, 2.45) is 5.92 Å². The SMILES string of the molecule is COc1cc2cc(c1Cl)N(C)C(=O)C[C@H](OC)[C@]1(C)OC1[C@H](C)[C@@H]1C[C@@](O)(NC(=O)O1)[C@H](OC)/C=C/C=C(\C)C2. The summed E-state index contributed by atoms with van der Waals surface area (Å²) < 4.78 is 28.6. The molecule has 3 aliphatic heterocycles. The molecule has 3 aliphatic rings. The Bertz CT molecular complexity index is 1200. The van der Waals surface area contributed by atoms with Gasteiger partial charge in [-0.05, 0) is 38.0 Å². The van der Waals surface area contributed by atoms with Gasteiger partial charge in [0.15, 0.2) is 5.72 Å². The van der Waals surface area contributed by atoms with E-state index < -0.39 is 35.7 Å². The number of hydrogen-bond acceptors (Lipinski definition) is 8. The van der Waals surface area contributed by atoms with Gasteiger partial charge in [-0.25, -0.2) is 4.79 Å². The Hall–Kier alpha value is -2.63. The largest absolute Gasteiger partial charge is 0.495 e. The number of alkyl carbamates (subject to hydrolysis) is 1. The molecule has 2 amide bonds. The van der Waals surface area contributed by atoms with Crippen molar-refractivity contribution in [1.82, 2.24) is 5.32 Å². The maximum atomic E-state index is 13.5. The van der Waals surface area contributed by atoms with Gasteiger partial charge in [0.25, 0.3) is 0 Å². The topological polar surface area (TPSA) is 119 Å². The fraction of sp³-hybridized carbons (Fsp3) is 0.586. The van der Waals surface area contributed by atoms with Crippen LogP contribution in [0.2, 0.25) is 5.02 Å². The lowest BCUT2D eigenvalue weighted by molar-refractivity contribution is -0.142. The highest BCUT2D eigenvalue weighted by Gasteiger charge is 2.63. The van der Waals surface area contributed by atoms with Gasteiger partial charge in [0.2, 0.25) is 5.91 Å². The van der Waals surface area contributed by atoms with Crippen LogP contribution in [-0.4, -0.2) is 81.2 Å². The van der Waals surface area contributed by atoms with Crippen LogP contribution in [-0.2, 0) is 30.2 Å². The molecule has 2 N–H and O–H groups in total. The molecule has 3 heterocycles. The summed E-state index contributed by atoms with van der Waals surface area (Å²) >= 11 is 6.64. The van der Waals surface area contributed by atoms with Crippen molar-refractivity contribution in [3.63, 3.8) is 0 Å². The minimum Gasteiger partial charge on any atom is -0.495 e. The number of hydrogen-bond donors (Lipinski definition) is 2. The van der Waals surface area contributed by atoms with E-state index in [9.17, 15) is 14.7 Å². The molecule has 1 aromatic carbocycles. The monoisotopic (exact) mass is 578 g/mol. The molecule has 4 bridgehead atoms. The van der Waals surface area contributed by atoms with E-state index in [0.29, 0.717) is 22.9 Å². The van der Waals surface area contributed by atoms with Crippen LogP contribution in [0.1, 0.15) is 39.2 Å². The van der Waals surface area contributed by atoms with Crippen molar-refractivity contribution in [3.8, 4) is 5.75 Å². The Morgan fingerprint density at radius 2 is 1.93 bits per heavy atom. The number of ether oxygens (including phenoxy) is 5. The van der Waals surface area contributed by atoms with Gasteiger partial charge >= 0.3 is 6.09 Å². The average Bonchev–Trinajstić information content (AvgIpc) is 3.60. The lowest BCUT2D eigenvalue weighted by Crippen LogP contribution is -2.63. The number of methoxy groups -OCH3 is 3. The summed E-state index contributed by atoms with van der Waals surface area (Å²) in [5.74, 6) is -0.0636. The predicted octanol–water partition coefficient (Wildman–Crippen LogP) is 3.77. The number of amides is 2. The molecule has 0 aromatic heterocycles. The third-order valence-corrected chi connectivity index (χ3v) is 8.62. The van der Waals surface area contributed by atoms with Crippen molar-refractivity contribution < 1.29 is 38.4 Å². The number of nitrogens with zero attached hydrogens (tertiary/aromatic N) is 1. The molecule has 7 atom stereocenters. The van der Waals surface area contributed by atoms with Gasteiger partial charge in [-0.2, -0.15) is 0 Å². The highest BCUT2D eigenvalue weighted by Crippen LogP contribution is 2.49. The first-order valence-electron chi connectivity index (χ1n) is 13.3. The number of rotatable bonds is 3. The van der Waals surface area contributed by atoms with Crippen LogP contribution in [0.3, 0.4) is 0 Å². The highest BCUT2D eigenvalue weighted by molar-refractivity contribution is 6.35. The summed E-state index contributed by atoms with van der Waals surface area (Å²) in [4.78, 5) is 27.6. The Morgan fingerprint density at radius 1 is 1.20 bits per heavy atom. The molecule has 0 radical (unpaired) electrons. The van der Waals surface area contributed by atoms with Crippen molar-refractivity contribution in [2.45, 2.75) is 75.8 Å². The normalized spacial score (nSPS) is 37.0. The molecule has 0 saturated carbocycles. The van der Waals surface area contributed by atoms with E-state index in [2.05, 4.69) is 5.32 Å². The lowest BCUT2D eigenvalue weighted by Gasteiger charge is -2.42. The zero-order valence-electron chi connectivity index (χ0n) is 24.0. The van der Waals surface area contributed by atoms with Crippen molar-refractivity contribution in [2.75, 3.05) is 33.3 Å². The van der Waals surface area contributed by atoms with Crippen molar-refractivity contribution in [3.05, 3.63) is 46.5 Å². The smallest absolute Gasteiger partial charge is 0.409 e. The molecule has 0 spiro atoms. The van der Waals surface area contributed by atoms with E-state index in [-0.39, 0.29) is 30.8 Å². The number of allylic oxidation sites excluding steroid dienone is 3. The number of carbonyl (C=O) groups is 2. The molecule has 4 rings (SSSR count). The Balaban J connectivity index is 1.76. The van der Waals surface area contributed by atoms with E-state index in [1.807, 2.05) is 39.0 Å². The second-order valence-electron chi connectivity index (χ2n) is 11.0. The molecule has 10 nitrogen and oxygen atoms in total. The van der Waals surface area contributed by atoms with Gasteiger partial charge in [0.1, 0.15) is 28.6 Å². The van der Waals surface area contributed by atoms with Crippen molar-refractivity contribution >= 4 is 29.3 Å². The lowest BCUT2D eigenvalue weighted by atomic mass is 9.83. The molecule has 2 saturated heterocycles. The van der Waals surface area contributed by atoms with Gasteiger partial charge < -0.3 is 33.7 Å². The Morgan fingerprint density at radius 3 is 2.58 bits per heavy atom. The van der Waals surface area contributed by atoms with Gasteiger partial charge in [-0.3, -0.25) is 10.1 Å². The van der Waals surface area contributed by atoms with E-state index in [1.54, 1.807) is 19.2 Å². The Labute approximate surface area is 240 Å². The summed E-state index contributed by atoms with van der Waals surface area (Å²) in [6, 6.07) is 3.71. The third kappa shape index (κ3) is 5.87. The average molecular weight is 579 g/mol.